The van der Waals surface area contributed by atoms with E-state index in [9.17, 15) is 19.2 Å². The molecule has 14 nitrogen and oxygen atoms in total. The van der Waals surface area contributed by atoms with Crippen LogP contribution in [-0.2, 0) is 52.3 Å². The standard InChI is InChI=1S/C69H127N3O11/c1-12-38-77-42-46-81-50-51-83-49-45-80-41-32-65(74)70-36-19-39-78-43-47-82-48-44-79-40-20-37-72-67(76)61(54-62(73)52-57(4)23-15-21-55(2)28-30-63-59(6)25-17-33-68(63,8)9)27-13-14-35-71-66(75)53-58(5)24-16-22-56(3)29-31-64-60(7)26-18-34-69(64,10)11/h55-58,61H,12-54H2,1-11H3,(H,70,74)(H,71,75)(H,72,76)/t55?,56?,57?,58?,61-/m1/s1. The minimum absolute atomic E-state index is 0.0521. The molecule has 0 aliphatic heterocycles. The highest BCUT2D eigenvalue weighted by Gasteiger charge is 2.30. The van der Waals surface area contributed by atoms with Gasteiger partial charge in [-0.3, -0.25) is 19.2 Å². The fraction of sp³-hybridized carbons (Fsp3) is 0.884. The Balaban J connectivity index is 1.63. The van der Waals surface area contributed by atoms with E-state index in [0.29, 0.717) is 173 Å². The lowest BCUT2D eigenvalue weighted by molar-refractivity contribution is -0.130. The van der Waals surface area contributed by atoms with E-state index in [2.05, 4.69) is 92.1 Å². The first-order valence-corrected chi connectivity index (χ1v) is 33.6. The lowest BCUT2D eigenvalue weighted by Gasteiger charge is -2.35. The molecule has 2 aliphatic carbocycles. The van der Waals surface area contributed by atoms with Gasteiger partial charge in [0.05, 0.1) is 72.7 Å². The summed E-state index contributed by atoms with van der Waals surface area (Å²) >= 11 is 0. The predicted octanol–water partition coefficient (Wildman–Crippen LogP) is 14.1. The molecule has 0 fully saturated rings. The average molecular weight is 1170 g/mol. The number of carbonyl (C=O) groups is 4. The van der Waals surface area contributed by atoms with Crippen LogP contribution in [0.2, 0.25) is 0 Å². The van der Waals surface area contributed by atoms with E-state index in [-0.39, 0.29) is 41.8 Å². The Kier molecular flexibility index (Phi) is 43.6. The number of hydrogen-bond donors (Lipinski definition) is 3. The Hall–Kier alpha value is -2.72. The van der Waals surface area contributed by atoms with E-state index >= 15 is 0 Å². The molecule has 3 amide bonds. The highest BCUT2D eigenvalue weighted by Crippen LogP contribution is 2.44. The molecule has 2 rings (SSSR count). The fourth-order valence-corrected chi connectivity index (χ4v) is 12.2. The Morgan fingerprint density at radius 3 is 1.33 bits per heavy atom. The van der Waals surface area contributed by atoms with E-state index in [1.807, 2.05) is 0 Å². The number of Topliss-reactive ketones (excluding diaryl/α,β-unsaturated/α-hetero) is 1. The quantitative estimate of drug-likeness (QED) is 0.0391. The Morgan fingerprint density at radius 1 is 0.434 bits per heavy atom. The smallest absolute Gasteiger partial charge is 0.223 e. The van der Waals surface area contributed by atoms with E-state index in [1.165, 1.54) is 77.0 Å². The molecule has 0 aromatic carbocycles. The zero-order valence-corrected chi connectivity index (χ0v) is 55.3. The zero-order valence-electron chi connectivity index (χ0n) is 55.3. The van der Waals surface area contributed by atoms with Gasteiger partial charge in [0.25, 0.3) is 0 Å². The molecule has 0 aromatic heterocycles. The normalized spacial score (nSPS) is 17.0. The fourth-order valence-electron chi connectivity index (χ4n) is 12.2. The van der Waals surface area contributed by atoms with Crippen LogP contribution < -0.4 is 16.0 Å². The van der Waals surface area contributed by atoms with Gasteiger partial charge in [-0.05, 0) is 145 Å². The molecule has 0 heterocycles. The summed E-state index contributed by atoms with van der Waals surface area (Å²) in [6, 6.07) is 0. The number of ketones is 1. The van der Waals surface area contributed by atoms with E-state index in [0.717, 1.165) is 51.6 Å². The number of nitrogens with one attached hydrogen (secondary N) is 3. The maximum Gasteiger partial charge on any atom is 0.223 e. The number of carbonyl (C=O) groups excluding carboxylic acids is 4. The Morgan fingerprint density at radius 2 is 0.843 bits per heavy atom. The molecule has 0 spiro atoms. The SMILES string of the molecule is CCCOCCOCCOCCOCCC(=O)NCCCOCCOCCOCCCNC(=O)[C@H](CCCCNC(=O)CC(C)CCCC(C)CCC1=C(C)CCCC1(C)C)CC(=O)CC(C)CCCC(C)CCC1=C(C)CCCC1(C)C. The molecule has 0 aromatic rings. The molecule has 0 radical (unpaired) electrons. The maximum atomic E-state index is 13.6. The number of rotatable bonds is 54. The first-order chi connectivity index (χ1) is 39.8. The number of unbranched alkanes of at least 4 members (excludes halogenated alkanes) is 1. The van der Waals surface area contributed by atoms with Crippen LogP contribution in [0.25, 0.3) is 0 Å². The lowest BCUT2D eigenvalue weighted by Crippen LogP contribution is -2.33. The third kappa shape index (κ3) is 38.9. The van der Waals surface area contributed by atoms with Gasteiger partial charge in [0.2, 0.25) is 17.7 Å². The van der Waals surface area contributed by atoms with Gasteiger partial charge in [0.1, 0.15) is 5.78 Å². The van der Waals surface area contributed by atoms with Gasteiger partial charge in [-0.1, -0.05) is 130 Å². The third-order valence-electron chi connectivity index (χ3n) is 17.4. The Labute approximate surface area is 507 Å². The second-order valence-corrected chi connectivity index (χ2v) is 26.4. The van der Waals surface area contributed by atoms with Gasteiger partial charge in [-0.2, -0.15) is 0 Å². The molecule has 484 valence electrons. The first-order valence-electron chi connectivity index (χ1n) is 33.6. The van der Waals surface area contributed by atoms with Crippen molar-refractivity contribution in [3.63, 3.8) is 0 Å². The van der Waals surface area contributed by atoms with Crippen LogP contribution in [0.4, 0.5) is 0 Å². The van der Waals surface area contributed by atoms with Crippen molar-refractivity contribution in [2.45, 2.75) is 243 Å². The van der Waals surface area contributed by atoms with Gasteiger partial charge in [-0.25, -0.2) is 0 Å². The van der Waals surface area contributed by atoms with Crippen LogP contribution in [0.3, 0.4) is 0 Å². The molecule has 14 heteroatoms. The molecular formula is C69H127N3O11. The number of hydrogen-bond acceptors (Lipinski definition) is 11. The maximum absolute atomic E-state index is 13.6. The minimum Gasteiger partial charge on any atom is -0.379 e. The van der Waals surface area contributed by atoms with Crippen LogP contribution in [0.1, 0.15) is 243 Å². The minimum atomic E-state index is -0.389. The molecule has 4 unspecified atom stereocenters. The van der Waals surface area contributed by atoms with Crippen molar-refractivity contribution < 1.29 is 52.3 Å². The summed E-state index contributed by atoms with van der Waals surface area (Å²) in [7, 11) is 0. The average Bonchev–Trinajstić information content (AvgIpc) is 3.62. The Bertz CT molecular complexity index is 1780. The summed E-state index contributed by atoms with van der Waals surface area (Å²) in [5.41, 5.74) is 7.30. The van der Waals surface area contributed by atoms with Crippen molar-refractivity contribution in [2.75, 3.05) is 112 Å². The van der Waals surface area contributed by atoms with Gasteiger partial charge in [0, 0.05) is 71.1 Å². The summed E-state index contributed by atoms with van der Waals surface area (Å²) in [5, 5.41) is 9.14. The monoisotopic (exact) mass is 1170 g/mol. The van der Waals surface area contributed by atoms with Crippen molar-refractivity contribution in [1.29, 1.82) is 0 Å². The second kappa shape index (κ2) is 47.4. The molecule has 0 bridgehead atoms. The summed E-state index contributed by atoms with van der Waals surface area (Å²) in [4.78, 5) is 52.2. The van der Waals surface area contributed by atoms with Gasteiger partial charge >= 0.3 is 0 Å². The van der Waals surface area contributed by atoms with Crippen molar-refractivity contribution in [2.24, 2.45) is 40.4 Å². The van der Waals surface area contributed by atoms with Crippen molar-refractivity contribution in [1.82, 2.24) is 16.0 Å². The van der Waals surface area contributed by atoms with Crippen LogP contribution in [-0.4, -0.2) is 136 Å². The third-order valence-corrected chi connectivity index (χ3v) is 17.4. The van der Waals surface area contributed by atoms with E-state index < -0.39 is 0 Å². The van der Waals surface area contributed by atoms with E-state index in [4.69, 9.17) is 33.2 Å². The van der Waals surface area contributed by atoms with Crippen molar-refractivity contribution in [3.8, 4) is 0 Å². The summed E-state index contributed by atoms with van der Waals surface area (Å²) in [5.74, 6) is 1.75. The molecule has 0 saturated carbocycles. The number of allylic oxidation sites excluding steroid dienone is 4. The molecular weight excluding hydrogens is 1050 g/mol. The van der Waals surface area contributed by atoms with Gasteiger partial charge in [0.15, 0.2) is 0 Å². The molecule has 2 aliphatic rings. The summed E-state index contributed by atoms with van der Waals surface area (Å²) in [6.45, 7) is 34.2. The van der Waals surface area contributed by atoms with Gasteiger partial charge in [-0.15, -0.1) is 0 Å². The summed E-state index contributed by atoms with van der Waals surface area (Å²) in [6.07, 6.45) is 25.6. The largest absolute Gasteiger partial charge is 0.379 e. The second-order valence-electron chi connectivity index (χ2n) is 26.4. The van der Waals surface area contributed by atoms with Crippen LogP contribution in [0, 0.1) is 40.4 Å². The highest BCUT2D eigenvalue weighted by molar-refractivity contribution is 5.87. The predicted molar refractivity (Wildman–Crippen MR) is 339 cm³/mol. The van der Waals surface area contributed by atoms with E-state index in [1.54, 1.807) is 22.3 Å². The topological polar surface area (TPSA) is 169 Å². The van der Waals surface area contributed by atoms with Crippen LogP contribution in [0.15, 0.2) is 22.3 Å². The molecule has 0 saturated heterocycles. The first kappa shape index (κ1) is 76.4. The molecule has 3 N–H and O–H groups in total. The molecule has 83 heavy (non-hydrogen) atoms. The highest BCUT2D eigenvalue weighted by atomic mass is 16.6. The van der Waals surface area contributed by atoms with Crippen LogP contribution >= 0.6 is 0 Å². The van der Waals surface area contributed by atoms with Crippen molar-refractivity contribution in [3.05, 3.63) is 22.3 Å². The number of amides is 3. The summed E-state index contributed by atoms with van der Waals surface area (Å²) < 4.78 is 38.8. The van der Waals surface area contributed by atoms with Crippen LogP contribution in [0.5, 0.6) is 0 Å². The number of ether oxygens (including phenoxy) is 7. The van der Waals surface area contributed by atoms with Gasteiger partial charge < -0.3 is 49.1 Å². The molecule has 5 atom stereocenters. The lowest BCUT2D eigenvalue weighted by atomic mass is 9.70. The van der Waals surface area contributed by atoms with Crippen molar-refractivity contribution >= 4 is 23.5 Å². The zero-order chi connectivity index (χ0) is 61.0.